The lowest BCUT2D eigenvalue weighted by Gasteiger charge is -2.62. The Morgan fingerprint density at radius 1 is 1.12 bits per heavy atom. The van der Waals surface area contributed by atoms with Gasteiger partial charge in [0.2, 0.25) is 11.8 Å². The van der Waals surface area contributed by atoms with Gasteiger partial charge in [-0.2, -0.15) is 13.2 Å². The largest absolute Gasteiger partial charge is 0.453 e. The molecule has 3 amide bonds. The van der Waals surface area contributed by atoms with Crippen molar-refractivity contribution >= 4 is 35.1 Å². The van der Waals surface area contributed by atoms with Gasteiger partial charge in [0.05, 0.1) is 43.5 Å². The number of pyridine rings is 1. The summed E-state index contributed by atoms with van der Waals surface area (Å²) in [5.41, 5.74) is 0.679. The van der Waals surface area contributed by atoms with E-state index in [1.165, 1.54) is 10.6 Å². The van der Waals surface area contributed by atoms with Gasteiger partial charge in [0.1, 0.15) is 11.3 Å². The molecule has 3 fully saturated rings. The van der Waals surface area contributed by atoms with Gasteiger partial charge in [-0.05, 0) is 38.0 Å². The van der Waals surface area contributed by atoms with E-state index in [4.69, 9.17) is 4.74 Å². The average molecular weight is 672 g/mol. The van der Waals surface area contributed by atoms with Crippen LogP contribution in [0.1, 0.15) is 31.4 Å². The van der Waals surface area contributed by atoms with Crippen LogP contribution in [-0.2, 0) is 31.8 Å². The third kappa shape index (κ3) is 6.78. The number of rotatable bonds is 8. The maximum atomic E-state index is 14.3. The first-order valence-corrected chi connectivity index (χ1v) is 15.5. The molecule has 1 spiro atoms. The summed E-state index contributed by atoms with van der Waals surface area (Å²) >= 11 is 0. The topological polar surface area (TPSA) is 147 Å². The molecule has 0 bridgehead atoms. The van der Waals surface area contributed by atoms with Crippen molar-refractivity contribution in [3.05, 3.63) is 47.3 Å². The number of aromatic nitrogens is 4. The number of ether oxygens (including phenoxy) is 2. The molecule has 6 rings (SSSR count). The molecular weight excluding hydrogens is 635 g/mol. The fraction of sp³-hybridized carbons (Fsp3) is 0.484. The molecule has 0 aliphatic carbocycles. The Kier molecular flexibility index (Phi) is 9.00. The van der Waals surface area contributed by atoms with Crippen LogP contribution in [-0.4, -0.2) is 112 Å². The van der Waals surface area contributed by atoms with Gasteiger partial charge in [-0.25, -0.2) is 19.3 Å². The van der Waals surface area contributed by atoms with Gasteiger partial charge in [-0.1, -0.05) is 5.57 Å². The third-order valence-corrected chi connectivity index (χ3v) is 8.63. The van der Waals surface area contributed by atoms with Crippen LogP contribution in [0, 0.1) is 0 Å². The number of nitrogens with one attached hydrogen (secondary N) is 2. The number of nitrogens with zero attached hydrogens (tertiary/aromatic N) is 7. The van der Waals surface area contributed by atoms with Gasteiger partial charge >= 0.3 is 12.3 Å². The number of likely N-dealkylation sites (tertiary alicyclic amines) is 2. The molecule has 0 unspecified atom stereocenters. The minimum absolute atomic E-state index is 0.0589. The van der Waals surface area contributed by atoms with Crippen molar-refractivity contribution in [2.75, 3.05) is 69.8 Å². The van der Waals surface area contributed by atoms with E-state index in [2.05, 4.69) is 35.3 Å². The summed E-state index contributed by atoms with van der Waals surface area (Å²) < 4.78 is 54.4. The van der Waals surface area contributed by atoms with Crippen LogP contribution in [0.4, 0.5) is 29.6 Å². The summed E-state index contributed by atoms with van der Waals surface area (Å²) in [7, 11) is 1.09. The Balaban J connectivity index is 1.23. The Bertz CT molecular complexity index is 1760. The zero-order valence-corrected chi connectivity index (χ0v) is 26.8. The molecule has 2 N–H and O–H groups in total. The molecule has 3 aromatic rings. The first kappa shape index (κ1) is 33.1. The number of alkyl halides is 3. The van der Waals surface area contributed by atoms with Crippen LogP contribution in [0.15, 0.2) is 36.2 Å². The maximum Gasteiger partial charge on any atom is 0.417 e. The van der Waals surface area contributed by atoms with E-state index in [1.807, 2.05) is 29.7 Å². The van der Waals surface area contributed by atoms with Crippen LogP contribution < -0.4 is 15.5 Å². The average Bonchev–Trinajstić information content (AvgIpc) is 3.42. The number of carbonyl (C=O) groups is 3. The summed E-state index contributed by atoms with van der Waals surface area (Å²) in [6.07, 6.45) is -0.674. The highest BCUT2D eigenvalue weighted by Crippen LogP contribution is 2.41. The van der Waals surface area contributed by atoms with E-state index in [9.17, 15) is 27.6 Å². The van der Waals surface area contributed by atoms with Gasteiger partial charge in [0, 0.05) is 57.7 Å². The van der Waals surface area contributed by atoms with Crippen LogP contribution in [0.25, 0.3) is 16.9 Å². The minimum Gasteiger partial charge on any atom is -0.453 e. The highest BCUT2D eigenvalue weighted by molar-refractivity contribution is 5.92. The maximum absolute atomic E-state index is 14.3. The molecule has 6 heterocycles. The number of carbonyl (C=O) groups excluding carboxylic acids is 3. The lowest BCUT2D eigenvalue weighted by atomic mass is 9.77. The molecule has 14 nitrogen and oxygen atoms in total. The highest BCUT2D eigenvalue weighted by Gasteiger charge is 2.54. The fourth-order valence-electron chi connectivity index (χ4n) is 6.32. The normalized spacial score (nSPS) is 17.5. The molecule has 3 aromatic heterocycles. The third-order valence-electron chi connectivity index (χ3n) is 8.63. The summed E-state index contributed by atoms with van der Waals surface area (Å²) in [4.78, 5) is 51.0. The van der Waals surface area contributed by atoms with Crippen molar-refractivity contribution in [1.82, 2.24) is 34.7 Å². The van der Waals surface area contributed by atoms with Gasteiger partial charge in [-0.15, -0.1) is 5.10 Å². The Labute approximate surface area is 273 Å². The second-order valence-electron chi connectivity index (χ2n) is 12.4. The number of hydrogen-bond acceptors (Lipinski definition) is 10. The lowest BCUT2D eigenvalue weighted by molar-refractivity contribution is -0.166. The lowest BCUT2D eigenvalue weighted by Crippen LogP contribution is -2.78. The van der Waals surface area contributed by atoms with Crippen molar-refractivity contribution in [3.63, 3.8) is 0 Å². The zero-order chi connectivity index (χ0) is 34.2. The van der Waals surface area contributed by atoms with E-state index in [1.54, 1.807) is 6.20 Å². The van der Waals surface area contributed by atoms with Crippen LogP contribution in [0.3, 0.4) is 0 Å². The van der Waals surface area contributed by atoms with Crippen molar-refractivity contribution in [3.8, 4) is 11.4 Å². The smallest absolute Gasteiger partial charge is 0.417 e. The summed E-state index contributed by atoms with van der Waals surface area (Å²) in [6, 6.07) is 2.65. The molecule has 3 aliphatic heterocycles. The second kappa shape index (κ2) is 13.0. The van der Waals surface area contributed by atoms with E-state index in [0.29, 0.717) is 63.8 Å². The first-order chi connectivity index (χ1) is 22.8. The van der Waals surface area contributed by atoms with Crippen molar-refractivity contribution in [2.45, 2.75) is 38.5 Å². The van der Waals surface area contributed by atoms with Crippen LogP contribution in [0.2, 0.25) is 0 Å². The molecular formula is C31H36F3N9O5. The summed E-state index contributed by atoms with van der Waals surface area (Å²) in [5.74, 6) is -0.465. The van der Waals surface area contributed by atoms with Crippen molar-refractivity contribution < 1.29 is 37.0 Å². The van der Waals surface area contributed by atoms with Crippen LogP contribution in [0.5, 0.6) is 0 Å². The second-order valence-corrected chi connectivity index (χ2v) is 12.4. The predicted molar refractivity (Wildman–Crippen MR) is 167 cm³/mol. The number of fused-ring (bicyclic) bond motifs is 1. The highest BCUT2D eigenvalue weighted by atomic mass is 19.4. The quantitative estimate of drug-likeness (QED) is 0.343. The number of methoxy groups -OCH3 is 1. The SMILES string of the molecule is COC(=O)Nc1cc(C(F)(F)F)c(-c2nc(N3CCOCC3)c3cc(CN4CC5(CCN5C(=O)CNC(=O)C=C(C)C)C4)cn3n2)cn1. The predicted octanol–water partition coefficient (Wildman–Crippen LogP) is 2.69. The molecule has 256 valence electrons. The molecule has 3 aliphatic rings. The molecule has 3 saturated heterocycles. The molecule has 17 heteroatoms. The zero-order valence-electron chi connectivity index (χ0n) is 26.8. The molecule has 0 saturated carbocycles. The Hall–Kier alpha value is -4.77. The summed E-state index contributed by atoms with van der Waals surface area (Å²) in [6.45, 7) is 7.91. The van der Waals surface area contributed by atoms with Crippen molar-refractivity contribution in [2.24, 2.45) is 0 Å². The van der Waals surface area contributed by atoms with Crippen LogP contribution >= 0.6 is 0 Å². The standard InChI is InChI=1S/C31H36F3N9O5/c1-19(2)10-25(44)36-14-26(45)42-5-4-30(42)17-40(18-30)15-20-11-23-28(41-6-8-48-9-7-41)38-27(39-43(23)16-20)21-13-35-24(37-29(46)47-3)12-22(21)31(32,33)34/h10-13,16H,4-9,14-15,17-18H2,1-3H3,(H,36,44)(H,35,37,46). The molecule has 0 radical (unpaired) electrons. The molecule has 0 atom stereocenters. The van der Waals surface area contributed by atoms with Gasteiger partial charge in [-0.3, -0.25) is 19.8 Å². The number of anilines is 2. The number of morpholine rings is 1. The van der Waals surface area contributed by atoms with E-state index in [-0.39, 0.29) is 41.1 Å². The molecule has 0 aromatic carbocycles. The fourth-order valence-corrected chi connectivity index (χ4v) is 6.32. The van der Waals surface area contributed by atoms with E-state index < -0.39 is 17.8 Å². The van der Waals surface area contributed by atoms with E-state index >= 15 is 0 Å². The van der Waals surface area contributed by atoms with Gasteiger partial charge in [0.15, 0.2) is 11.6 Å². The summed E-state index contributed by atoms with van der Waals surface area (Å²) in [5, 5.41) is 9.30. The monoisotopic (exact) mass is 671 g/mol. The van der Waals surface area contributed by atoms with E-state index in [0.717, 1.165) is 36.9 Å². The van der Waals surface area contributed by atoms with Crippen molar-refractivity contribution in [1.29, 1.82) is 0 Å². The Morgan fingerprint density at radius 2 is 1.88 bits per heavy atom. The number of halogens is 3. The van der Waals surface area contributed by atoms with Gasteiger partial charge in [0.25, 0.3) is 0 Å². The first-order valence-electron chi connectivity index (χ1n) is 15.5. The van der Waals surface area contributed by atoms with Gasteiger partial charge < -0.3 is 24.6 Å². The number of allylic oxidation sites excluding steroid dienone is 1. The molecule has 48 heavy (non-hydrogen) atoms. The number of hydrogen-bond donors (Lipinski definition) is 2. The number of amides is 3. The minimum atomic E-state index is -4.80. The Morgan fingerprint density at radius 3 is 2.52 bits per heavy atom.